The molecular formula is C28H44O3. The first-order chi connectivity index (χ1) is 15.1. The fourth-order valence-electron chi connectivity index (χ4n) is 5.35. The zero-order valence-corrected chi connectivity index (χ0v) is 19.6. The van der Waals surface area contributed by atoms with E-state index in [1.807, 2.05) is 6.08 Å². The monoisotopic (exact) mass is 428 g/mol. The first-order valence-electron chi connectivity index (χ1n) is 12.7. The van der Waals surface area contributed by atoms with Crippen LogP contribution in [-0.2, 0) is 10.2 Å². The fraction of sp³-hybridized carbons (Fsp3) is 0.679. The molecule has 1 aliphatic rings. The summed E-state index contributed by atoms with van der Waals surface area (Å²) in [4.78, 5) is 11.5. The molecule has 1 aromatic carbocycles. The Bertz CT molecular complexity index is 631. The topological polar surface area (TPSA) is 57.5 Å². The summed E-state index contributed by atoms with van der Waals surface area (Å²) in [5.41, 5.74) is 1.59. The van der Waals surface area contributed by atoms with Crippen molar-refractivity contribution in [3.8, 4) is 0 Å². The number of allylic oxidation sites excluding steroid dienone is 1. The zero-order valence-electron chi connectivity index (χ0n) is 19.6. The maximum Gasteiger partial charge on any atom is 0.303 e. The van der Waals surface area contributed by atoms with Crippen LogP contribution in [0.5, 0.6) is 0 Å². The van der Waals surface area contributed by atoms with Gasteiger partial charge in [0.1, 0.15) is 0 Å². The minimum Gasteiger partial charge on any atom is -0.481 e. The van der Waals surface area contributed by atoms with E-state index in [9.17, 15) is 15.0 Å². The van der Waals surface area contributed by atoms with Crippen molar-refractivity contribution in [3.63, 3.8) is 0 Å². The molecule has 0 aliphatic heterocycles. The quantitative estimate of drug-likeness (QED) is 0.213. The second-order valence-corrected chi connectivity index (χ2v) is 9.65. The maximum absolute atomic E-state index is 11.5. The molecule has 31 heavy (non-hydrogen) atoms. The number of carboxylic acids is 1. The summed E-state index contributed by atoms with van der Waals surface area (Å²) >= 11 is 0. The van der Waals surface area contributed by atoms with Gasteiger partial charge >= 0.3 is 5.97 Å². The van der Waals surface area contributed by atoms with Gasteiger partial charge in [0.2, 0.25) is 0 Å². The van der Waals surface area contributed by atoms with E-state index in [2.05, 4.69) is 43.3 Å². The van der Waals surface area contributed by atoms with Gasteiger partial charge < -0.3 is 10.2 Å². The second kappa shape index (κ2) is 14.5. The van der Waals surface area contributed by atoms with E-state index < -0.39 is 5.97 Å². The van der Waals surface area contributed by atoms with E-state index in [-0.39, 0.29) is 17.4 Å². The largest absolute Gasteiger partial charge is 0.481 e. The van der Waals surface area contributed by atoms with Crippen LogP contribution in [-0.4, -0.2) is 22.3 Å². The highest BCUT2D eigenvalue weighted by Gasteiger charge is 2.37. The number of hydrogen-bond acceptors (Lipinski definition) is 2. The summed E-state index contributed by atoms with van der Waals surface area (Å²) < 4.78 is 0. The molecule has 0 amide bonds. The van der Waals surface area contributed by atoms with Crippen molar-refractivity contribution in [3.05, 3.63) is 48.0 Å². The van der Waals surface area contributed by atoms with Gasteiger partial charge in [-0.05, 0) is 61.8 Å². The third-order valence-corrected chi connectivity index (χ3v) is 7.03. The van der Waals surface area contributed by atoms with Crippen molar-refractivity contribution in [2.45, 2.75) is 115 Å². The number of rotatable bonds is 16. The average molecular weight is 429 g/mol. The van der Waals surface area contributed by atoms with Crippen molar-refractivity contribution in [2.24, 2.45) is 5.92 Å². The van der Waals surface area contributed by atoms with Gasteiger partial charge in [-0.1, -0.05) is 94.4 Å². The Kier molecular flexibility index (Phi) is 12.0. The third-order valence-electron chi connectivity index (χ3n) is 7.03. The molecule has 0 spiro atoms. The normalized spacial score (nSPS) is 17.7. The van der Waals surface area contributed by atoms with Crippen LogP contribution in [0.15, 0.2) is 42.5 Å². The maximum atomic E-state index is 11.5. The van der Waals surface area contributed by atoms with Crippen LogP contribution < -0.4 is 0 Å². The Balaban J connectivity index is 1.77. The fourth-order valence-corrected chi connectivity index (χ4v) is 5.35. The summed E-state index contributed by atoms with van der Waals surface area (Å²) in [5.74, 6) is -0.405. The number of carbonyl (C=O) groups is 1. The lowest BCUT2D eigenvalue weighted by Crippen LogP contribution is -2.27. The van der Waals surface area contributed by atoms with Gasteiger partial charge in [0.15, 0.2) is 0 Å². The van der Waals surface area contributed by atoms with Gasteiger partial charge in [-0.2, -0.15) is 0 Å². The molecule has 2 atom stereocenters. The summed E-state index contributed by atoms with van der Waals surface area (Å²) in [7, 11) is 0. The molecule has 0 heterocycles. The predicted molar refractivity (Wildman–Crippen MR) is 129 cm³/mol. The van der Waals surface area contributed by atoms with E-state index in [4.69, 9.17) is 0 Å². The van der Waals surface area contributed by atoms with Crippen LogP contribution in [0, 0.1) is 5.92 Å². The minimum absolute atomic E-state index is 0.179. The molecule has 0 saturated heterocycles. The first-order valence-corrected chi connectivity index (χ1v) is 12.7. The second-order valence-electron chi connectivity index (χ2n) is 9.65. The molecular weight excluding hydrogens is 384 g/mol. The number of hydrogen-bond donors (Lipinski definition) is 2. The van der Waals surface area contributed by atoms with Gasteiger partial charge in [-0.3, -0.25) is 4.79 Å². The van der Waals surface area contributed by atoms with Crippen LogP contribution in [0.2, 0.25) is 0 Å². The smallest absolute Gasteiger partial charge is 0.303 e. The number of carboxylic acid groups (broad SMARTS) is 1. The number of aliphatic hydroxyl groups is 1. The van der Waals surface area contributed by atoms with Crippen LogP contribution in [0.4, 0.5) is 0 Å². The molecule has 1 saturated carbocycles. The van der Waals surface area contributed by atoms with Crippen LogP contribution >= 0.6 is 0 Å². The number of benzene rings is 1. The van der Waals surface area contributed by atoms with Gasteiger partial charge in [0, 0.05) is 6.42 Å². The lowest BCUT2D eigenvalue weighted by Gasteiger charge is -2.33. The average Bonchev–Trinajstić information content (AvgIpc) is 3.23. The molecule has 174 valence electrons. The number of aliphatic hydroxyl groups excluding tert-OH is 1. The van der Waals surface area contributed by atoms with Gasteiger partial charge in [-0.25, -0.2) is 0 Å². The molecule has 1 aliphatic carbocycles. The summed E-state index contributed by atoms with van der Waals surface area (Å²) in [5, 5.41) is 19.4. The van der Waals surface area contributed by atoms with Crippen LogP contribution in [0.1, 0.15) is 109 Å². The van der Waals surface area contributed by atoms with E-state index >= 15 is 0 Å². The van der Waals surface area contributed by atoms with E-state index in [1.54, 1.807) is 0 Å². The van der Waals surface area contributed by atoms with E-state index in [1.165, 1.54) is 44.1 Å². The highest BCUT2D eigenvalue weighted by Crippen LogP contribution is 2.46. The Morgan fingerprint density at radius 2 is 1.74 bits per heavy atom. The molecule has 0 radical (unpaired) electrons. The molecule has 2 rings (SSSR count). The molecule has 0 unspecified atom stereocenters. The third kappa shape index (κ3) is 9.60. The Hall–Kier alpha value is -1.61. The summed E-state index contributed by atoms with van der Waals surface area (Å²) in [6.07, 6.45) is 19.6. The molecule has 0 aromatic heterocycles. The zero-order chi connectivity index (χ0) is 22.4. The van der Waals surface area contributed by atoms with Crippen LogP contribution in [0.3, 0.4) is 0 Å². The Labute approximate surface area is 190 Å². The van der Waals surface area contributed by atoms with Crippen molar-refractivity contribution in [2.75, 3.05) is 0 Å². The SMILES string of the molecule is CCCCC[C@@H](O)/C=C\CCCCC[C@H](CC(=O)O)CC1(c2ccccc2)CCCC1. The molecule has 3 heteroatoms. The highest BCUT2D eigenvalue weighted by molar-refractivity contribution is 5.67. The van der Waals surface area contributed by atoms with Crippen molar-refractivity contribution < 1.29 is 15.0 Å². The first kappa shape index (κ1) is 25.6. The lowest BCUT2D eigenvalue weighted by molar-refractivity contribution is -0.138. The highest BCUT2D eigenvalue weighted by atomic mass is 16.4. The summed E-state index contributed by atoms with van der Waals surface area (Å²) in [6.45, 7) is 2.18. The Morgan fingerprint density at radius 3 is 2.42 bits per heavy atom. The molecule has 1 fully saturated rings. The molecule has 3 nitrogen and oxygen atoms in total. The summed E-state index contributed by atoms with van der Waals surface area (Å²) in [6, 6.07) is 10.8. The van der Waals surface area contributed by atoms with Crippen molar-refractivity contribution in [1.29, 1.82) is 0 Å². The lowest BCUT2D eigenvalue weighted by atomic mass is 9.71. The number of aliphatic carboxylic acids is 1. The molecule has 1 aromatic rings. The molecule has 2 N–H and O–H groups in total. The van der Waals surface area contributed by atoms with Crippen LogP contribution in [0.25, 0.3) is 0 Å². The molecule has 0 bridgehead atoms. The van der Waals surface area contributed by atoms with E-state index in [0.29, 0.717) is 6.42 Å². The van der Waals surface area contributed by atoms with Crippen molar-refractivity contribution in [1.82, 2.24) is 0 Å². The standard InChI is InChI=1S/C28H44O3/c1-2-3-8-18-26(29)19-12-6-4-5-9-15-24(22-27(30)31)23-28(20-13-14-21-28)25-16-10-7-11-17-25/h7,10-12,16-17,19,24,26,29H,2-6,8-9,13-15,18,20-23H2,1H3,(H,30,31)/b19-12-/t24-,26-/m1/s1. The number of unbranched alkanes of at least 4 members (excludes halogenated alkanes) is 5. The van der Waals surface area contributed by atoms with E-state index in [0.717, 1.165) is 51.4 Å². The van der Waals surface area contributed by atoms with Gasteiger partial charge in [0.05, 0.1) is 6.10 Å². The van der Waals surface area contributed by atoms with Gasteiger partial charge in [0.25, 0.3) is 0 Å². The Morgan fingerprint density at radius 1 is 1.03 bits per heavy atom. The van der Waals surface area contributed by atoms with Gasteiger partial charge in [-0.15, -0.1) is 0 Å². The predicted octanol–water partition coefficient (Wildman–Crippen LogP) is 7.43. The minimum atomic E-state index is -0.661. The van der Waals surface area contributed by atoms with Crippen molar-refractivity contribution >= 4 is 5.97 Å².